The molecule has 1 aliphatic rings. The normalized spacial score (nSPS) is 16.9. The molecule has 5 nitrogen and oxygen atoms in total. The number of nitrogens with zero attached hydrogens (tertiary/aromatic N) is 1. The lowest BCUT2D eigenvalue weighted by molar-refractivity contribution is 0.475. The first-order valence-electron chi connectivity index (χ1n) is 7.21. The second kappa shape index (κ2) is 6.10. The molecule has 0 atom stereocenters. The minimum absolute atomic E-state index is 0.0975. The van der Waals surface area contributed by atoms with Crippen LogP contribution < -0.4 is 10.0 Å². The molecular weight excluding hydrogens is 274 g/mol. The van der Waals surface area contributed by atoms with Crippen LogP contribution >= 0.6 is 0 Å². The summed E-state index contributed by atoms with van der Waals surface area (Å²) in [5.74, 6) is 0. The molecule has 0 bridgehead atoms. The van der Waals surface area contributed by atoms with E-state index in [4.69, 9.17) is 0 Å². The number of pyridine rings is 1. The van der Waals surface area contributed by atoms with Gasteiger partial charge in [0.2, 0.25) is 0 Å². The van der Waals surface area contributed by atoms with Crippen LogP contribution in [0.25, 0.3) is 0 Å². The largest absolute Gasteiger partial charge is 0.383 e. The lowest BCUT2D eigenvalue weighted by atomic mass is 10.1. The van der Waals surface area contributed by atoms with Crippen LogP contribution in [0.15, 0.2) is 23.4 Å². The van der Waals surface area contributed by atoms with Gasteiger partial charge in [0.05, 0.1) is 5.69 Å². The summed E-state index contributed by atoms with van der Waals surface area (Å²) in [5.41, 5.74) is 0.752. The Morgan fingerprint density at radius 1 is 1.35 bits per heavy atom. The number of nitrogens with one attached hydrogen (secondary N) is 2. The van der Waals surface area contributed by atoms with Crippen molar-refractivity contribution in [2.45, 2.75) is 44.6 Å². The maximum absolute atomic E-state index is 12.4. The molecular formula is C14H23N3O2S. The van der Waals surface area contributed by atoms with Gasteiger partial charge in [0, 0.05) is 19.3 Å². The van der Waals surface area contributed by atoms with Crippen LogP contribution in [0, 0.1) is 5.41 Å². The third-order valence-corrected chi connectivity index (χ3v) is 5.29. The Morgan fingerprint density at radius 3 is 2.70 bits per heavy atom. The van der Waals surface area contributed by atoms with E-state index in [0.717, 1.165) is 32.2 Å². The van der Waals surface area contributed by atoms with Crippen molar-refractivity contribution in [1.82, 2.24) is 9.71 Å². The highest BCUT2D eigenvalue weighted by atomic mass is 32.2. The van der Waals surface area contributed by atoms with E-state index < -0.39 is 10.0 Å². The Bertz CT molecular complexity index is 553. The molecule has 0 aliphatic heterocycles. The van der Waals surface area contributed by atoms with Gasteiger partial charge < -0.3 is 5.32 Å². The van der Waals surface area contributed by atoms with Crippen LogP contribution in [-0.2, 0) is 10.0 Å². The molecule has 0 unspecified atom stereocenters. The summed E-state index contributed by atoms with van der Waals surface area (Å²) >= 11 is 0. The molecule has 1 heterocycles. The zero-order valence-electron chi connectivity index (χ0n) is 12.1. The smallest absolute Gasteiger partial charge is 0.260 e. The molecule has 1 fully saturated rings. The number of aromatic nitrogens is 1. The van der Waals surface area contributed by atoms with Gasteiger partial charge in [0.1, 0.15) is 0 Å². The Morgan fingerprint density at radius 2 is 2.10 bits per heavy atom. The van der Waals surface area contributed by atoms with Gasteiger partial charge in [-0.3, -0.25) is 0 Å². The van der Waals surface area contributed by atoms with Gasteiger partial charge in [-0.2, -0.15) is 0 Å². The highest BCUT2D eigenvalue weighted by Crippen LogP contribution is 2.48. The quantitative estimate of drug-likeness (QED) is 0.773. The lowest BCUT2D eigenvalue weighted by Crippen LogP contribution is -2.31. The molecule has 112 valence electrons. The molecule has 1 saturated carbocycles. The second-order valence-electron chi connectivity index (χ2n) is 5.46. The number of sulfonamides is 1. The molecule has 1 aromatic heterocycles. The number of anilines is 1. The van der Waals surface area contributed by atoms with Crippen LogP contribution in [0.4, 0.5) is 5.69 Å². The van der Waals surface area contributed by atoms with E-state index in [0.29, 0.717) is 12.2 Å². The second-order valence-corrected chi connectivity index (χ2v) is 7.14. The predicted molar refractivity (Wildman–Crippen MR) is 80.2 cm³/mol. The summed E-state index contributed by atoms with van der Waals surface area (Å²) in [6, 6.07) is 3.50. The van der Waals surface area contributed by atoms with Crippen LogP contribution in [-0.4, -0.2) is 26.5 Å². The summed E-state index contributed by atoms with van der Waals surface area (Å²) in [6.07, 6.45) is 5.67. The average molecular weight is 297 g/mol. The van der Waals surface area contributed by atoms with Crippen molar-refractivity contribution in [2.75, 3.05) is 18.4 Å². The topological polar surface area (TPSA) is 71.1 Å². The van der Waals surface area contributed by atoms with Crippen molar-refractivity contribution >= 4 is 15.7 Å². The minimum Gasteiger partial charge on any atom is -0.383 e. The minimum atomic E-state index is -3.55. The molecule has 0 spiro atoms. The lowest BCUT2D eigenvalue weighted by Gasteiger charge is -2.15. The number of hydrogen-bond acceptors (Lipinski definition) is 4. The average Bonchev–Trinajstić information content (AvgIpc) is 3.24. The fourth-order valence-corrected chi connectivity index (χ4v) is 3.41. The van der Waals surface area contributed by atoms with Crippen molar-refractivity contribution in [2.24, 2.45) is 5.41 Å². The summed E-state index contributed by atoms with van der Waals surface area (Å²) in [5, 5.41) is 3.21. The maximum Gasteiger partial charge on any atom is 0.260 e. The Balaban J connectivity index is 2.12. The first kappa shape index (κ1) is 15.3. The zero-order chi connectivity index (χ0) is 14.6. The van der Waals surface area contributed by atoms with Crippen molar-refractivity contribution in [3.63, 3.8) is 0 Å². The van der Waals surface area contributed by atoms with Crippen LogP contribution in [0.5, 0.6) is 0 Å². The maximum atomic E-state index is 12.4. The SMILES string of the molecule is CCCNc1cccnc1S(=O)(=O)NCC1(CC)CC1. The molecule has 0 saturated heterocycles. The number of rotatable bonds is 8. The van der Waals surface area contributed by atoms with Crippen molar-refractivity contribution in [1.29, 1.82) is 0 Å². The van der Waals surface area contributed by atoms with Gasteiger partial charge in [0.15, 0.2) is 5.03 Å². The van der Waals surface area contributed by atoms with E-state index >= 15 is 0 Å². The van der Waals surface area contributed by atoms with E-state index in [1.807, 2.05) is 6.92 Å². The molecule has 6 heteroatoms. The molecule has 0 amide bonds. The van der Waals surface area contributed by atoms with E-state index in [1.54, 1.807) is 12.1 Å². The van der Waals surface area contributed by atoms with Crippen LogP contribution in [0.1, 0.15) is 39.5 Å². The highest BCUT2D eigenvalue weighted by molar-refractivity contribution is 7.89. The summed E-state index contributed by atoms with van der Waals surface area (Å²) in [6.45, 7) is 5.38. The molecule has 0 radical (unpaired) electrons. The van der Waals surface area contributed by atoms with Crippen molar-refractivity contribution in [3.8, 4) is 0 Å². The summed E-state index contributed by atoms with van der Waals surface area (Å²) < 4.78 is 27.5. The first-order valence-corrected chi connectivity index (χ1v) is 8.70. The highest BCUT2D eigenvalue weighted by Gasteiger charge is 2.41. The third kappa shape index (κ3) is 3.49. The third-order valence-electron chi connectivity index (χ3n) is 3.94. The van der Waals surface area contributed by atoms with Gasteiger partial charge in [-0.25, -0.2) is 18.1 Å². The molecule has 1 aromatic rings. The van der Waals surface area contributed by atoms with E-state index in [1.165, 1.54) is 6.20 Å². The first-order chi connectivity index (χ1) is 9.53. The molecule has 0 aromatic carbocycles. The molecule has 20 heavy (non-hydrogen) atoms. The summed E-state index contributed by atoms with van der Waals surface area (Å²) in [7, 11) is -3.55. The Kier molecular flexibility index (Phi) is 4.65. The van der Waals surface area contributed by atoms with Gasteiger partial charge in [-0.1, -0.05) is 13.8 Å². The van der Waals surface area contributed by atoms with Crippen molar-refractivity contribution in [3.05, 3.63) is 18.3 Å². The van der Waals surface area contributed by atoms with Gasteiger partial charge in [-0.05, 0) is 43.2 Å². The monoisotopic (exact) mass is 297 g/mol. The van der Waals surface area contributed by atoms with Gasteiger partial charge in [-0.15, -0.1) is 0 Å². The summed E-state index contributed by atoms with van der Waals surface area (Å²) in [4.78, 5) is 4.04. The zero-order valence-corrected chi connectivity index (χ0v) is 13.0. The van der Waals surface area contributed by atoms with Gasteiger partial charge >= 0.3 is 0 Å². The van der Waals surface area contributed by atoms with Crippen molar-refractivity contribution < 1.29 is 8.42 Å². The van der Waals surface area contributed by atoms with E-state index in [2.05, 4.69) is 21.9 Å². The fraction of sp³-hybridized carbons (Fsp3) is 0.643. The standard InChI is InChI=1S/C14H23N3O2S/c1-3-9-15-12-6-5-10-16-13(12)20(18,19)17-11-14(4-2)7-8-14/h5-6,10,15,17H,3-4,7-9,11H2,1-2H3. The number of hydrogen-bond donors (Lipinski definition) is 2. The Labute approximate surface area is 121 Å². The molecule has 1 aliphatic carbocycles. The predicted octanol–water partition coefficient (Wildman–Crippen LogP) is 2.37. The fourth-order valence-electron chi connectivity index (χ4n) is 2.15. The molecule has 2 rings (SSSR count). The van der Waals surface area contributed by atoms with Crippen LogP contribution in [0.3, 0.4) is 0 Å². The van der Waals surface area contributed by atoms with E-state index in [-0.39, 0.29) is 10.4 Å². The van der Waals surface area contributed by atoms with E-state index in [9.17, 15) is 8.42 Å². The molecule has 2 N–H and O–H groups in total. The Hall–Kier alpha value is -1.14. The van der Waals surface area contributed by atoms with Crippen LogP contribution in [0.2, 0.25) is 0 Å². The van der Waals surface area contributed by atoms with Gasteiger partial charge in [0.25, 0.3) is 10.0 Å².